The summed E-state index contributed by atoms with van der Waals surface area (Å²) in [6.07, 6.45) is 0.556. The third kappa shape index (κ3) is 4.58. The number of benzene rings is 2. The molecular formula is C30H36BrN3O5. The summed E-state index contributed by atoms with van der Waals surface area (Å²) < 4.78 is 6.59. The van der Waals surface area contributed by atoms with E-state index in [2.05, 4.69) is 26.6 Å². The van der Waals surface area contributed by atoms with Crippen molar-refractivity contribution < 1.29 is 24.2 Å². The maximum Gasteiger partial charge on any atom is 0.250 e. The quantitative estimate of drug-likeness (QED) is 0.398. The number of hydrogen-bond donors (Lipinski definition) is 3. The molecule has 2 aromatic rings. The third-order valence-electron chi connectivity index (χ3n) is 8.82. The molecule has 3 heterocycles. The lowest BCUT2D eigenvalue weighted by Crippen LogP contribution is -2.57. The van der Waals surface area contributed by atoms with Crippen molar-refractivity contribution in [2.75, 3.05) is 17.2 Å². The van der Waals surface area contributed by atoms with E-state index in [1.165, 1.54) is 4.90 Å². The van der Waals surface area contributed by atoms with Gasteiger partial charge in [-0.3, -0.25) is 14.4 Å². The lowest BCUT2D eigenvalue weighted by atomic mass is 9.70. The fraction of sp³-hybridized carbons (Fsp3) is 0.500. The van der Waals surface area contributed by atoms with E-state index in [1.807, 2.05) is 64.1 Å². The topological polar surface area (TPSA) is 108 Å². The Balaban J connectivity index is 1.56. The Hall–Kier alpha value is -2.75. The van der Waals surface area contributed by atoms with E-state index in [0.717, 1.165) is 11.1 Å². The van der Waals surface area contributed by atoms with E-state index in [9.17, 15) is 19.5 Å². The number of rotatable bonds is 8. The van der Waals surface area contributed by atoms with E-state index in [0.29, 0.717) is 24.2 Å². The number of likely N-dealkylation sites (tertiary alicyclic amines) is 1. The van der Waals surface area contributed by atoms with E-state index in [-0.39, 0.29) is 35.1 Å². The minimum atomic E-state index is -1.20. The molecule has 39 heavy (non-hydrogen) atoms. The number of halogens is 1. The number of carbonyl (C=O) groups is 3. The number of ether oxygens (including phenoxy) is 1. The molecule has 0 aromatic heterocycles. The zero-order valence-corrected chi connectivity index (χ0v) is 24.3. The highest BCUT2D eigenvalue weighted by atomic mass is 79.9. The van der Waals surface area contributed by atoms with Gasteiger partial charge in [-0.05, 0) is 55.5 Å². The van der Waals surface area contributed by atoms with Crippen molar-refractivity contribution in [2.45, 2.75) is 69.2 Å². The highest BCUT2D eigenvalue weighted by Gasteiger charge is 2.77. The summed E-state index contributed by atoms with van der Waals surface area (Å²) in [5.41, 5.74) is 1.99. The summed E-state index contributed by atoms with van der Waals surface area (Å²) in [4.78, 5) is 43.5. The van der Waals surface area contributed by atoms with Gasteiger partial charge in [0.1, 0.15) is 11.6 Å². The number of nitrogens with zero attached hydrogens (tertiary/aromatic N) is 1. The van der Waals surface area contributed by atoms with Gasteiger partial charge in [0.2, 0.25) is 17.7 Å². The van der Waals surface area contributed by atoms with Crippen LogP contribution in [0.25, 0.3) is 0 Å². The van der Waals surface area contributed by atoms with Crippen molar-refractivity contribution in [3.05, 3.63) is 59.7 Å². The van der Waals surface area contributed by atoms with Crippen molar-refractivity contribution in [3.8, 4) is 0 Å². The number of aliphatic hydroxyl groups excluding tert-OH is 1. The zero-order chi connectivity index (χ0) is 28.1. The molecule has 0 saturated carbocycles. The molecule has 3 unspecified atom stereocenters. The van der Waals surface area contributed by atoms with Gasteiger partial charge >= 0.3 is 0 Å². The minimum Gasteiger partial charge on any atom is -0.394 e. The first-order valence-corrected chi connectivity index (χ1v) is 14.5. The predicted molar refractivity (Wildman–Crippen MR) is 152 cm³/mol. The number of para-hydroxylation sites is 1. The molecule has 1 spiro atoms. The van der Waals surface area contributed by atoms with Gasteiger partial charge in [0.25, 0.3) is 0 Å². The summed E-state index contributed by atoms with van der Waals surface area (Å²) in [6, 6.07) is 13.3. The van der Waals surface area contributed by atoms with Gasteiger partial charge in [-0.1, -0.05) is 66.5 Å². The van der Waals surface area contributed by atoms with Crippen LogP contribution in [0.5, 0.6) is 0 Å². The standard InChI is InChI=1S/C30H36BrN3O5/c1-5-17(3)22(15-35)34-26(28(37)33-21-13-16(2)11-12-18(21)4)30-14-20(31)25(39-30)23(24(30)29(34)38)27(36)32-19-9-7-6-8-10-19/h6-13,17,20,22-26,35H,5,14-15H2,1-4H3,(H,32,36)(H,33,37)/t17-,20?,22-,23+,24-,25+,26?,30?/m0/s1. The van der Waals surface area contributed by atoms with Crippen LogP contribution in [0.15, 0.2) is 48.5 Å². The van der Waals surface area contributed by atoms with Crippen molar-refractivity contribution in [2.24, 2.45) is 17.8 Å². The monoisotopic (exact) mass is 597 g/mol. The Kier molecular flexibility index (Phi) is 7.61. The first kappa shape index (κ1) is 27.8. The lowest BCUT2D eigenvalue weighted by molar-refractivity contribution is -0.144. The molecule has 0 radical (unpaired) electrons. The van der Waals surface area contributed by atoms with E-state index in [1.54, 1.807) is 12.1 Å². The number of carbonyl (C=O) groups excluding carboxylic acids is 3. The maximum absolute atomic E-state index is 14.3. The van der Waals surface area contributed by atoms with Gasteiger partial charge < -0.3 is 25.4 Å². The molecule has 3 fully saturated rings. The summed E-state index contributed by atoms with van der Waals surface area (Å²) in [6.45, 7) is 7.53. The molecule has 8 atom stereocenters. The molecule has 3 aliphatic heterocycles. The number of fused-ring (bicyclic) bond motifs is 1. The summed E-state index contributed by atoms with van der Waals surface area (Å²) in [7, 11) is 0. The van der Waals surface area contributed by atoms with Crippen LogP contribution in [0.4, 0.5) is 11.4 Å². The molecule has 8 nitrogen and oxygen atoms in total. The van der Waals surface area contributed by atoms with E-state index in [4.69, 9.17) is 4.74 Å². The molecule has 0 aliphatic carbocycles. The third-order valence-corrected chi connectivity index (χ3v) is 9.66. The first-order valence-electron chi connectivity index (χ1n) is 13.6. The highest BCUT2D eigenvalue weighted by molar-refractivity contribution is 9.09. The molecule has 3 amide bonds. The van der Waals surface area contributed by atoms with Gasteiger partial charge in [-0.15, -0.1) is 0 Å². The van der Waals surface area contributed by atoms with Gasteiger partial charge in [0, 0.05) is 16.2 Å². The van der Waals surface area contributed by atoms with Crippen molar-refractivity contribution in [3.63, 3.8) is 0 Å². The van der Waals surface area contributed by atoms with Crippen molar-refractivity contribution >= 4 is 45.0 Å². The molecule has 3 aliphatic rings. The Bertz CT molecular complexity index is 1270. The summed E-state index contributed by atoms with van der Waals surface area (Å²) in [5.74, 6) is -2.69. The van der Waals surface area contributed by atoms with Crippen LogP contribution in [-0.2, 0) is 19.1 Å². The maximum atomic E-state index is 14.3. The average molecular weight is 599 g/mol. The van der Waals surface area contributed by atoms with Crippen molar-refractivity contribution in [1.29, 1.82) is 0 Å². The Morgan fingerprint density at radius 1 is 1.15 bits per heavy atom. The predicted octanol–water partition coefficient (Wildman–Crippen LogP) is 4.04. The zero-order valence-electron chi connectivity index (χ0n) is 22.7. The van der Waals surface area contributed by atoms with Gasteiger partial charge in [0.05, 0.1) is 30.6 Å². The van der Waals surface area contributed by atoms with E-state index < -0.39 is 35.6 Å². The number of aliphatic hydroxyl groups is 1. The van der Waals surface area contributed by atoms with Crippen LogP contribution < -0.4 is 10.6 Å². The normalized spacial score (nSPS) is 30.7. The van der Waals surface area contributed by atoms with Crippen LogP contribution in [0.3, 0.4) is 0 Å². The second-order valence-electron chi connectivity index (χ2n) is 11.2. The molecule has 208 valence electrons. The fourth-order valence-electron chi connectivity index (χ4n) is 6.66. The minimum absolute atomic E-state index is 0.0706. The molecule has 3 saturated heterocycles. The lowest BCUT2D eigenvalue weighted by Gasteiger charge is -2.38. The number of hydrogen-bond acceptors (Lipinski definition) is 5. The molecule has 5 rings (SSSR count). The van der Waals surface area contributed by atoms with Gasteiger partial charge in [-0.2, -0.15) is 0 Å². The number of nitrogens with one attached hydrogen (secondary N) is 2. The Morgan fingerprint density at radius 3 is 2.54 bits per heavy atom. The molecule has 2 bridgehead atoms. The van der Waals surface area contributed by atoms with Gasteiger partial charge in [-0.25, -0.2) is 0 Å². The first-order chi connectivity index (χ1) is 18.6. The van der Waals surface area contributed by atoms with Crippen LogP contribution in [0, 0.1) is 31.6 Å². The number of anilines is 2. The van der Waals surface area contributed by atoms with Crippen LogP contribution in [0.2, 0.25) is 0 Å². The Morgan fingerprint density at radius 2 is 1.87 bits per heavy atom. The van der Waals surface area contributed by atoms with Gasteiger partial charge in [0.15, 0.2) is 0 Å². The SMILES string of the molecule is CC[C@H](C)[C@H](CO)N1C(=O)[C@@H]2[C@@H](C(=O)Nc3ccccc3)[C@@H]3OC2(CC3Br)C1C(=O)Nc1cc(C)ccc1C. The number of alkyl halides is 1. The molecule has 2 aromatic carbocycles. The van der Waals surface area contributed by atoms with Crippen LogP contribution in [-0.4, -0.2) is 63.0 Å². The smallest absolute Gasteiger partial charge is 0.250 e. The van der Waals surface area contributed by atoms with E-state index >= 15 is 0 Å². The van der Waals surface area contributed by atoms with Crippen LogP contribution >= 0.6 is 15.9 Å². The van der Waals surface area contributed by atoms with Crippen LogP contribution in [0.1, 0.15) is 37.8 Å². The second-order valence-corrected chi connectivity index (χ2v) is 12.4. The van der Waals surface area contributed by atoms with Crippen molar-refractivity contribution in [1.82, 2.24) is 4.90 Å². The molecular weight excluding hydrogens is 562 g/mol. The highest BCUT2D eigenvalue weighted by Crippen LogP contribution is 2.60. The summed E-state index contributed by atoms with van der Waals surface area (Å²) in [5, 5.41) is 16.5. The molecule has 9 heteroatoms. The number of amides is 3. The average Bonchev–Trinajstić information content (AvgIpc) is 3.50. The summed E-state index contributed by atoms with van der Waals surface area (Å²) >= 11 is 3.71. The fourth-order valence-corrected chi connectivity index (χ4v) is 7.60. The Labute approximate surface area is 237 Å². The largest absolute Gasteiger partial charge is 0.394 e. The molecule has 3 N–H and O–H groups in total. The number of aryl methyl sites for hydroxylation is 2. The second kappa shape index (κ2) is 10.7.